The molecule has 8 nitrogen and oxygen atoms in total. The van der Waals surface area contributed by atoms with Crippen LogP contribution in [0.25, 0.3) is 0 Å². The highest BCUT2D eigenvalue weighted by atomic mass is 32.2. The van der Waals surface area contributed by atoms with Crippen molar-refractivity contribution in [3.05, 3.63) is 30.1 Å². The van der Waals surface area contributed by atoms with E-state index in [1.54, 1.807) is 4.90 Å². The normalized spacial score (nSPS) is 16.2. The van der Waals surface area contributed by atoms with E-state index < -0.39 is 27.9 Å². The van der Waals surface area contributed by atoms with Gasteiger partial charge in [0.05, 0.1) is 24.5 Å². The molecule has 1 aromatic carbocycles. The smallest absolute Gasteiger partial charge is 0.307 e. The average molecular weight is 388 g/mol. The van der Waals surface area contributed by atoms with Crippen LogP contribution in [0.15, 0.2) is 29.2 Å². The van der Waals surface area contributed by atoms with Crippen LogP contribution >= 0.6 is 0 Å². The summed E-state index contributed by atoms with van der Waals surface area (Å²) in [5.41, 5.74) is 0. The number of sulfonamides is 1. The molecule has 144 valence electrons. The van der Waals surface area contributed by atoms with E-state index in [9.17, 15) is 22.4 Å². The lowest BCUT2D eigenvalue weighted by molar-refractivity contribution is -0.160. The molecular weight excluding hydrogens is 367 g/mol. The summed E-state index contributed by atoms with van der Waals surface area (Å²) in [7, 11) is -3.85. The average Bonchev–Trinajstić information content (AvgIpc) is 2.62. The van der Waals surface area contributed by atoms with Crippen LogP contribution in [-0.2, 0) is 29.1 Å². The van der Waals surface area contributed by atoms with Gasteiger partial charge in [0.2, 0.25) is 10.0 Å². The molecule has 1 aliphatic heterocycles. The van der Waals surface area contributed by atoms with E-state index in [1.807, 2.05) is 0 Å². The van der Waals surface area contributed by atoms with Gasteiger partial charge in [0.25, 0.3) is 5.91 Å². The van der Waals surface area contributed by atoms with E-state index in [-0.39, 0.29) is 23.8 Å². The number of carbonyl (C=O) groups excluding carboxylic acids is 2. The van der Waals surface area contributed by atoms with Gasteiger partial charge in [0.1, 0.15) is 5.82 Å². The zero-order valence-electron chi connectivity index (χ0n) is 14.3. The molecule has 0 radical (unpaired) electrons. The summed E-state index contributed by atoms with van der Waals surface area (Å²) >= 11 is 0. The molecule has 10 heteroatoms. The van der Waals surface area contributed by atoms with Crippen LogP contribution in [0.2, 0.25) is 0 Å². The highest BCUT2D eigenvalue weighted by Crippen LogP contribution is 2.10. The Morgan fingerprint density at radius 1 is 1.27 bits per heavy atom. The zero-order valence-corrected chi connectivity index (χ0v) is 15.1. The van der Waals surface area contributed by atoms with Crippen molar-refractivity contribution in [2.75, 3.05) is 32.8 Å². The number of nitrogens with one attached hydrogen (secondary N) is 1. The van der Waals surface area contributed by atoms with Crippen LogP contribution in [0.5, 0.6) is 0 Å². The van der Waals surface area contributed by atoms with Crippen LogP contribution in [0.4, 0.5) is 4.39 Å². The third kappa shape index (κ3) is 5.75. The van der Waals surface area contributed by atoms with E-state index in [4.69, 9.17) is 9.47 Å². The zero-order chi connectivity index (χ0) is 19.2. The topological polar surface area (TPSA) is 102 Å². The van der Waals surface area contributed by atoms with Crippen LogP contribution in [0.3, 0.4) is 0 Å². The molecule has 1 fully saturated rings. The molecule has 0 aromatic heterocycles. The second-order valence-electron chi connectivity index (χ2n) is 5.67. The molecule has 1 N–H and O–H groups in total. The van der Waals surface area contributed by atoms with E-state index in [1.165, 1.54) is 6.92 Å². The number of halogens is 1. The Bertz CT molecular complexity index is 732. The highest BCUT2D eigenvalue weighted by molar-refractivity contribution is 7.89. The van der Waals surface area contributed by atoms with Gasteiger partial charge in [-0.1, -0.05) is 0 Å². The van der Waals surface area contributed by atoms with Gasteiger partial charge in [-0.15, -0.1) is 0 Å². The van der Waals surface area contributed by atoms with Crippen molar-refractivity contribution < 1.29 is 31.9 Å². The SMILES string of the molecule is C[C@@H](OC(=O)CCNS(=O)(=O)c1ccc(F)cc1)C(=O)N1CCOCC1. The number of hydrogen-bond donors (Lipinski definition) is 1. The summed E-state index contributed by atoms with van der Waals surface area (Å²) in [5.74, 6) is -1.55. The molecule has 0 bridgehead atoms. The van der Waals surface area contributed by atoms with E-state index in [0.717, 1.165) is 24.3 Å². The first-order valence-corrected chi connectivity index (χ1v) is 9.59. The standard InChI is InChI=1S/C16H21FN2O6S/c1-12(16(21)19-8-10-24-11-9-19)25-15(20)6-7-18-26(22,23)14-4-2-13(17)3-5-14/h2-5,12,18H,6-11H2,1H3/t12-/m1/s1. The Hall–Kier alpha value is -2.04. The van der Waals surface area contributed by atoms with Gasteiger partial charge < -0.3 is 14.4 Å². The molecule has 26 heavy (non-hydrogen) atoms. The van der Waals surface area contributed by atoms with Gasteiger partial charge in [-0.05, 0) is 31.2 Å². The summed E-state index contributed by atoms with van der Waals surface area (Å²) in [5, 5.41) is 0. The maximum Gasteiger partial charge on any atom is 0.307 e. The molecular formula is C16H21FN2O6S. The Morgan fingerprint density at radius 3 is 2.50 bits per heavy atom. The molecule has 1 saturated heterocycles. The fourth-order valence-corrected chi connectivity index (χ4v) is 3.36. The first-order valence-electron chi connectivity index (χ1n) is 8.11. The number of esters is 1. The number of benzene rings is 1. The lowest BCUT2D eigenvalue weighted by atomic mass is 10.3. The summed E-state index contributed by atoms with van der Waals surface area (Å²) in [6.07, 6.45) is -1.18. The van der Waals surface area contributed by atoms with Crippen molar-refractivity contribution in [1.82, 2.24) is 9.62 Å². The molecule has 1 aliphatic rings. The Balaban J connectivity index is 1.77. The van der Waals surface area contributed by atoms with Crippen LogP contribution in [0.1, 0.15) is 13.3 Å². The monoisotopic (exact) mass is 388 g/mol. The Labute approximate surface area is 151 Å². The number of morpholine rings is 1. The number of ether oxygens (including phenoxy) is 2. The van der Waals surface area contributed by atoms with E-state index in [0.29, 0.717) is 26.3 Å². The van der Waals surface area contributed by atoms with Crippen LogP contribution in [0, 0.1) is 5.82 Å². The van der Waals surface area contributed by atoms with E-state index >= 15 is 0 Å². The maximum atomic E-state index is 12.8. The molecule has 0 unspecified atom stereocenters. The highest BCUT2D eigenvalue weighted by Gasteiger charge is 2.25. The minimum atomic E-state index is -3.85. The van der Waals surface area contributed by atoms with Gasteiger partial charge in [0, 0.05) is 19.6 Å². The predicted molar refractivity (Wildman–Crippen MR) is 89.2 cm³/mol. The van der Waals surface area contributed by atoms with Crippen molar-refractivity contribution in [2.24, 2.45) is 0 Å². The second-order valence-corrected chi connectivity index (χ2v) is 7.44. The number of nitrogens with zero attached hydrogens (tertiary/aromatic N) is 1. The summed E-state index contributed by atoms with van der Waals surface area (Å²) in [6.45, 7) is 3.04. The van der Waals surface area contributed by atoms with Gasteiger partial charge in [-0.2, -0.15) is 0 Å². The maximum absolute atomic E-state index is 12.8. The van der Waals surface area contributed by atoms with E-state index in [2.05, 4.69) is 4.72 Å². The largest absolute Gasteiger partial charge is 0.452 e. The van der Waals surface area contributed by atoms with Crippen LogP contribution in [-0.4, -0.2) is 64.1 Å². The Morgan fingerprint density at radius 2 is 1.88 bits per heavy atom. The molecule has 2 rings (SSSR count). The number of rotatable bonds is 7. The molecule has 1 atom stereocenters. The van der Waals surface area contributed by atoms with Crippen molar-refractivity contribution in [3.8, 4) is 0 Å². The quantitative estimate of drug-likeness (QED) is 0.674. The summed E-state index contributed by atoms with van der Waals surface area (Å²) in [6, 6.07) is 4.31. The molecule has 1 heterocycles. The summed E-state index contributed by atoms with van der Waals surface area (Å²) in [4.78, 5) is 25.4. The minimum Gasteiger partial charge on any atom is -0.452 e. The molecule has 0 spiro atoms. The molecule has 1 aromatic rings. The lowest BCUT2D eigenvalue weighted by Crippen LogP contribution is -2.46. The third-order valence-corrected chi connectivity index (χ3v) is 5.20. The number of carbonyl (C=O) groups is 2. The lowest BCUT2D eigenvalue weighted by Gasteiger charge is -2.28. The van der Waals surface area contributed by atoms with Crippen molar-refractivity contribution in [1.29, 1.82) is 0 Å². The fraction of sp³-hybridized carbons (Fsp3) is 0.500. The van der Waals surface area contributed by atoms with Gasteiger partial charge in [-0.3, -0.25) is 9.59 Å². The number of amides is 1. The van der Waals surface area contributed by atoms with Crippen LogP contribution < -0.4 is 4.72 Å². The first kappa shape index (κ1) is 20.3. The Kier molecular flexibility index (Phi) is 7.06. The second kappa shape index (κ2) is 9.06. The molecule has 0 saturated carbocycles. The minimum absolute atomic E-state index is 0.108. The predicted octanol–water partition coefficient (Wildman–Crippen LogP) is 0.285. The van der Waals surface area contributed by atoms with Gasteiger partial charge in [0.15, 0.2) is 6.10 Å². The van der Waals surface area contributed by atoms with Crippen molar-refractivity contribution >= 4 is 21.9 Å². The number of hydrogen-bond acceptors (Lipinski definition) is 6. The molecule has 0 aliphatic carbocycles. The fourth-order valence-electron chi connectivity index (χ4n) is 2.33. The third-order valence-electron chi connectivity index (χ3n) is 3.72. The first-order chi connectivity index (χ1) is 12.3. The van der Waals surface area contributed by atoms with Gasteiger partial charge in [-0.25, -0.2) is 17.5 Å². The van der Waals surface area contributed by atoms with Gasteiger partial charge >= 0.3 is 5.97 Å². The summed E-state index contributed by atoms with van der Waals surface area (Å²) < 4.78 is 49.3. The molecule has 1 amide bonds. The van der Waals surface area contributed by atoms with Crippen molar-refractivity contribution in [2.45, 2.75) is 24.3 Å². The van der Waals surface area contributed by atoms with Crippen molar-refractivity contribution in [3.63, 3.8) is 0 Å².